The molecule has 0 amide bonds. The van der Waals surface area contributed by atoms with E-state index in [1.54, 1.807) is 6.07 Å². The minimum absolute atomic E-state index is 0.00832. The van der Waals surface area contributed by atoms with E-state index in [0.29, 0.717) is 11.6 Å². The van der Waals surface area contributed by atoms with Crippen LogP contribution in [-0.4, -0.2) is 44.2 Å². The zero-order chi connectivity index (χ0) is 15.2. The first-order valence-electron chi connectivity index (χ1n) is 6.98. The number of benzene rings is 1. The fraction of sp³-hybridized carbons (Fsp3) is 0.533. The summed E-state index contributed by atoms with van der Waals surface area (Å²) in [5.74, 6) is 0.660. The molecule has 0 saturated carbocycles. The Bertz CT molecular complexity index is 498. The van der Waals surface area contributed by atoms with Gasteiger partial charge in [-0.3, -0.25) is 9.69 Å². The first-order chi connectivity index (χ1) is 10.1. The summed E-state index contributed by atoms with van der Waals surface area (Å²) in [6.07, 6.45) is 1.93. The molecule has 1 heterocycles. The second-order valence-electron chi connectivity index (χ2n) is 5.09. The topological polar surface area (TPSA) is 38.8 Å². The van der Waals surface area contributed by atoms with Crippen molar-refractivity contribution in [3.8, 4) is 5.75 Å². The van der Waals surface area contributed by atoms with Crippen LogP contribution in [0.2, 0.25) is 5.02 Å². The molecule has 0 spiro atoms. The number of rotatable bonds is 5. The Morgan fingerprint density at radius 1 is 1.52 bits per heavy atom. The third kappa shape index (κ3) is 4.87. The molecule has 6 heteroatoms. The standard InChI is InChI=1S/C15H19BrClNO3/c1-20-15(19)11-3-2-6-18(10-11)7-8-21-14-5-4-12(17)9-13(14)16/h4-5,9,11H,2-3,6-8,10H2,1H3/t11-/m0/s1. The van der Waals surface area contributed by atoms with Crippen LogP contribution in [0, 0.1) is 5.92 Å². The second-order valence-corrected chi connectivity index (χ2v) is 6.38. The molecule has 2 rings (SSSR count). The molecule has 1 atom stereocenters. The third-order valence-corrected chi connectivity index (χ3v) is 4.45. The molecule has 1 aliphatic heterocycles. The van der Waals surface area contributed by atoms with Crippen LogP contribution in [0.3, 0.4) is 0 Å². The van der Waals surface area contributed by atoms with Crippen LogP contribution in [0.1, 0.15) is 12.8 Å². The number of halogens is 2. The van der Waals surface area contributed by atoms with Crippen molar-refractivity contribution in [1.82, 2.24) is 4.90 Å². The van der Waals surface area contributed by atoms with Gasteiger partial charge in [0.25, 0.3) is 0 Å². The van der Waals surface area contributed by atoms with Gasteiger partial charge in [-0.1, -0.05) is 11.6 Å². The molecule has 21 heavy (non-hydrogen) atoms. The summed E-state index contributed by atoms with van der Waals surface area (Å²) in [7, 11) is 1.45. The highest BCUT2D eigenvalue weighted by Crippen LogP contribution is 2.28. The molecule has 0 N–H and O–H groups in total. The summed E-state index contributed by atoms with van der Waals surface area (Å²) in [4.78, 5) is 13.8. The summed E-state index contributed by atoms with van der Waals surface area (Å²) < 4.78 is 11.4. The zero-order valence-corrected chi connectivity index (χ0v) is 14.3. The van der Waals surface area contributed by atoms with Gasteiger partial charge < -0.3 is 9.47 Å². The van der Waals surface area contributed by atoms with Gasteiger partial charge in [0, 0.05) is 18.1 Å². The van der Waals surface area contributed by atoms with E-state index in [9.17, 15) is 4.79 Å². The number of likely N-dealkylation sites (tertiary alicyclic amines) is 1. The fourth-order valence-corrected chi connectivity index (χ4v) is 3.29. The normalized spacial score (nSPS) is 19.3. The van der Waals surface area contributed by atoms with Crippen LogP contribution in [0.25, 0.3) is 0 Å². The smallest absolute Gasteiger partial charge is 0.309 e. The number of carbonyl (C=O) groups is 1. The van der Waals surface area contributed by atoms with Gasteiger partial charge in [-0.15, -0.1) is 0 Å². The third-order valence-electron chi connectivity index (χ3n) is 3.60. The van der Waals surface area contributed by atoms with Crippen LogP contribution in [0.15, 0.2) is 22.7 Å². The summed E-state index contributed by atoms with van der Waals surface area (Å²) in [5.41, 5.74) is 0. The van der Waals surface area contributed by atoms with Crippen molar-refractivity contribution in [1.29, 1.82) is 0 Å². The van der Waals surface area contributed by atoms with Crippen LogP contribution in [-0.2, 0) is 9.53 Å². The van der Waals surface area contributed by atoms with E-state index in [4.69, 9.17) is 21.1 Å². The van der Waals surface area contributed by atoms with Gasteiger partial charge >= 0.3 is 5.97 Å². The van der Waals surface area contributed by atoms with Crippen molar-refractivity contribution in [2.24, 2.45) is 5.92 Å². The molecular formula is C15H19BrClNO3. The Morgan fingerprint density at radius 2 is 2.33 bits per heavy atom. The predicted octanol–water partition coefficient (Wildman–Crippen LogP) is 3.37. The monoisotopic (exact) mass is 375 g/mol. The lowest BCUT2D eigenvalue weighted by molar-refractivity contribution is -0.147. The summed E-state index contributed by atoms with van der Waals surface area (Å²) in [6.45, 7) is 3.12. The van der Waals surface area contributed by atoms with Gasteiger partial charge in [0.1, 0.15) is 12.4 Å². The number of methoxy groups -OCH3 is 1. The molecule has 1 fully saturated rings. The van der Waals surface area contributed by atoms with Gasteiger partial charge in [-0.2, -0.15) is 0 Å². The maximum atomic E-state index is 11.6. The summed E-state index contributed by atoms with van der Waals surface area (Å²) in [5, 5.41) is 0.672. The average molecular weight is 377 g/mol. The lowest BCUT2D eigenvalue weighted by atomic mass is 9.98. The second kappa shape index (κ2) is 8.01. The van der Waals surface area contributed by atoms with Crippen molar-refractivity contribution in [3.63, 3.8) is 0 Å². The minimum atomic E-state index is -0.110. The largest absolute Gasteiger partial charge is 0.491 e. The number of hydrogen-bond acceptors (Lipinski definition) is 4. The molecule has 1 aliphatic rings. The Kier molecular flexibility index (Phi) is 6.33. The SMILES string of the molecule is COC(=O)[C@H]1CCCN(CCOc2ccc(Cl)cc2Br)C1. The maximum absolute atomic E-state index is 11.6. The molecular weight excluding hydrogens is 358 g/mol. The van der Waals surface area contributed by atoms with Crippen LogP contribution >= 0.6 is 27.5 Å². The number of esters is 1. The van der Waals surface area contributed by atoms with E-state index in [1.165, 1.54) is 7.11 Å². The predicted molar refractivity (Wildman–Crippen MR) is 85.8 cm³/mol. The molecule has 0 radical (unpaired) electrons. The average Bonchev–Trinajstić information content (AvgIpc) is 2.49. The lowest BCUT2D eigenvalue weighted by Crippen LogP contribution is -2.41. The first kappa shape index (κ1) is 16.6. The molecule has 4 nitrogen and oxygen atoms in total. The van der Waals surface area contributed by atoms with Crippen molar-refractivity contribution in [3.05, 3.63) is 27.7 Å². The molecule has 116 valence electrons. The molecule has 1 saturated heterocycles. The Balaban J connectivity index is 1.79. The molecule has 0 bridgehead atoms. The minimum Gasteiger partial charge on any atom is -0.491 e. The number of piperidine rings is 1. The highest BCUT2D eigenvalue weighted by atomic mass is 79.9. The molecule has 1 aromatic rings. The van der Waals surface area contributed by atoms with Crippen LogP contribution in [0.5, 0.6) is 5.75 Å². The number of carbonyl (C=O) groups excluding carboxylic acids is 1. The highest BCUT2D eigenvalue weighted by molar-refractivity contribution is 9.10. The Hall–Kier alpha value is -0.780. The van der Waals surface area contributed by atoms with Gasteiger partial charge in [0.15, 0.2) is 0 Å². The maximum Gasteiger partial charge on any atom is 0.309 e. The van der Waals surface area contributed by atoms with Crippen LogP contribution in [0.4, 0.5) is 0 Å². The van der Waals surface area contributed by atoms with Gasteiger partial charge in [0.05, 0.1) is 17.5 Å². The van der Waals surface area contributed by atoms with E-state index in [2.05, 4.69) is 20.8 Å². The van der Waals surface area contributed by atoms with Gasteiger partial charge in [0.2, 0.25) is 0 Å². The van der Waals surface area contributed by atoms with Crippen molar-refractivity contribution in [2.75, 3.05) is 33.4 Å². The first-order valence-corrected chi connectivity index (χ1v) is 8.15. The Morgan fingerprint density at radius 3 is 3.05 bits per heavy atom. The molecule has 1 aromatic carbocycles. The van der Waals surface area contributed by atoms with E-state index in [1.807, 2.05) is 12.1 Å². The quantitative estimate of drug-likeness (QED) is 0.739. The van der Waals surface area contributed by atoms with Crippen molar-refractivity contribution >= 4 is 33.5 Å². The van der Waals surface area contributed by atoms with E-state index < -0.39 is 0 Å². The number of ether oxygens (including phenoxy) is 2. The van der Waals surface area contributed by atoms with E-state index in [0.717, 1.165) is 42.7 Å². The van der Waals surface area contributed by atoms with E-state index in [-0.39, 0.29) is 11.9 Å². The van der Waals surface area contributed by atoms with Crippen LogP contribution < -0.4 is 4.74 Å². The summed E-state index contributed by atoms with van der Waals surface area (Å²) in [6, 6.07) is 5.46. The van der Waals surface area contributed by atoms with Crippen molar-refractivity contribution in [2.45, 2.75) is 12.8 Å². The Labute approximate surface area is 138 Å². The fourth-order valence-electron chi connectivity index (χ4n) is 2.49. The number of hydrogen-bond donors (Lipinski definition) is 0. The molecule has 0 aromatic heterocycles. The van der Waals surface area contributed by atoms with Crippen molar-refractivity contribution < 1.29 is 14.3 Å². The molecule has 0 aliphatic carbocycles. The van der Waals surface area contributed by atoms with Gasteiger partial charge in [-0.25, -0.2) is 0 Å². The number of nitrogens with zero attached hydrogens (tertiary/aromatic N) is 1. The highest BCUT2D eigenvalue weighted by Gasteiger charge is 2.26. The van der Waals surface area contributed by atoms with E-state index >= 15 is 0 Å². The zero-order valence-electron chi connectivity index (χ0n) is 12.0. The summed E-state index contributed by atoms with van der Waals surface area (Å²) >= 11 is 9.32. The lowest BCUT2D eigenvalue weighted by Gasteiger charge is -2.31. The molecule has 0 unspecified atom stereocenters. The van der Waals surface area contributed by atoms with Gasteiger partial charge in [-0.05, 0) is 53.5 Å².